The summed E-state index contributed by atoms with van der Waals surface area (Å²) in [4.78, 5) is 46.9. The van der Waals surface area contributed by atoms with E-state index in [1.54, 1.807) is 0 Å². The zero-order valence-electron chi connectivity index (χ0n) is 28.6. The largest absolute Gasteiger partial charge is 0.379 e. The van der Waals surface area contributed by atoms with E-state index in [4.69, 9.17) is 37.9 Å². The van der Waals surface area contributed by atoms with Gasteiger partial charge in [0, 0.05) is 31.7 Å². The van der Waals surface area contributed by atoms with Gasteiger partial charge in [-0.15, -0.1) is 0 Å². The fraction of sp³-hybridized carbons (Fsp3) is 0.812. The molecule has 1 aliphatic heterocycles. The lowest BCUT2D eigenvalue weighted by Gasteiger charge is -2.17. The first-order valence-electron chi connectivity index (χ1n) is 16.4. The second kappa shape index (κ2) is 28.5. The van der Waals surface area contributed by atoms with Crippen LogP contribution in [0, 0.1) is 5.41 Å². The van der Waals surface area contributed by atoms with Gasteiger partial charge in [-0.1, -0.05) is 27.2 Å². The van der Waals surface area contributed by atoms with Gasteiger partial charge in [-0.25, -0.2) is 4.79 Å². The molecule has 47 heavy (non-hydrogen) atoms. The molecule has 0 radical (unpaired) electrons. The Morgan fingerprint density at radius 2 is 0.936 bits per heavy atom. The first-order chi connectivity index (χ1) is 22.7. The van der Waals surface area contributed by atoms with Crippen molar-refractivity contribution in [3.8, 4) is 0 Å². The first-order valence-corrected chi connectivity index (χ1v) is 16.4. The number of carbonyl (C=O) groups excluding carboxylic acids is 4. The molecule has 15 nitrogen and oxygen atoms in total. The summed E-state index contributed by atoms with van der Waals surface area (Å²) in [6.07, 6.45) is 5.73. The summed E-state index contributed by atoms with van der Waals surface area (Å²) in [6, 6.07) is -0.770. The molecule has 0 aromatic carbocycles. The van der Waals surface area contributed by atoms with Crippen LogP contribution < -0.4 is 10.6 Å². The van der Waals surface area contributed by atoms with E-state index < -0.39 is 17.8 Å². The Morgan fingerprint density at radius 1 is 0.553 bits per heavy atom. The molecule has 0 aromatic heterocycles. The van der Waals surface area contributed by atoms with Gasteiger partial charge in [-0.3, -0.25) is 14.4 Å². The Balaban J connectivity index is 1.69. The Morgan fingerprint density at radius 3 is 1.34 bits per heavy atom. The van der Waals surface area contributed by atoms with Crippen LogP contribution in [-0.2, 0) is 52.3 Å². The number of hydrogen-bond donors (Lipinski definition) is 2. The zero-order chi connectivity index (χ0) is 34.4. The molecule has 0 bridgehead atoms. The van der Waals surface area contributed by atoms with Gasteiger partial charge in [0.25, 0.3) is 11.8 Å². The summed E-state index contributed by atoms with van der Waals surface area (Å²) in [5.74, 6) is -1.30. The average molecular weight is 676 g/mol. The third-order valence-electron chi connectivity index (χ3n) is 6.29. The van der Waals surface area contributed by atoms with E-state index in [0.29, 0.717) is 116 Å². The molecule has 1 aliphatic rings. The van der Waals surface area contributed by atoms with Gasteiger partial charge in [0.1, 0.15) is 0 Å². The van der Waals surface area contributed by atoms with Crippen molar-refractivity contribution in [3.05, 3.63) is 12.2 Å². The summed E-state index contributed by atoms with van der Waals surface area (Å²) < 4.78 is 43.4. The molecule has 0 spiro atoms. The topological polar surface area (TPSA) is 169 Å². The van der Waals surface area contributed by atoms with E-state index in [9.17, 15) is 19.2 Å². The maximum absolute atomic E-state index is 11.8. The molecule has 1 rings (SSSR count). The molecule has 0 atom stereocenters. The minimum atomic E-state index is -0.770. The number of hydrogen-bond acceptors (Lipinski definition) is 12. The maximum Gasteiger partial charge on any atom is 0.331 e. The summed E-state index contributed by atoms with van der Waals surface area (Å²) >= 11 is 0. The number of nitrogens with one attached hydrogen (secondary N) is 2. The van der Waals surface area contributed by atoms with Crippen LogP contribution in [0.25, 0.3) is 0 Å². The molecule has 5 amide bonds. The van der Waals surface area contributed by atoms with Gasteiger partial charge in [0.2, 0.25) is 5.91 Å². The van der Waals surface area contributed by atoms with Crippen LogP contribution in [0.15, 0.2) is 12.2 Å². The van der Waals surface area contributed by atoms with Gasteiger partial charge in [0.15, 0.2) is 0 Å². The molecule has 15 heteroatoms. The fourth-order valence-corrected chi connectivity index (χ4v) is 3.81. The highest BCUT2D eigenvalue weighted by Crippen LogP contribution is 2.21. The van der Waals surface area contributed by atoms with E-state index in [0.717, 1.165) is 38.0 Å². The fourth-order valence-electron chi connectivity index (χ4n) is 3.81. The second-order valence-electron chi connectivity index (χ2n) is 11.6. The average Bonchev–Trinajstić information content (AvgIpc) is 3.37. The van der Waals surface area contributed by atoms with Crippen molar-refractivity contribution in [2.24, 2.45) is 5.41 Å². The number of amides is 5. The van der Waals surface area contributed by atoms with Crippen LogP contribution in [0.1, 0.15) is 46.5 Å². The molecule has 0 fully saturated rings. The number of nitrogens with zero attached hydrogens (tertiary/aromatic N) is 1. The first kappa shape index (κ1) is 42.5. The van der Waals surface area contributed by atoms with E-state index in [2.05, 4.69) is 31.4 Å². The quantitative estimate of drug-likeness (QED) is 0.0803. The van der Waals surface area contributed by atoms with Gasteiger partial charge in [0.05, 0.1) is 106 Å². The second-order valence-corrected chi connectivity index (χ2v) is 11.6. The minimum Gasteiger partial charge on any atom is -0.379 e. The van der Waals surface area contributed by atoms with Crippen LogP contribution in [-0.4, -0.2) is 147 Å². The predicted molar refractivity (Wildman–Crippen MR) is 172 cm³/mol. The van der Waals surface area contributed by atoms with Crippen molar-refractivity contribution in [2.45, 2.75) is 46.5 Å². The molecule has 1 heterocycles. The molecule has 0 unspecified atom stereocenters. The number of urea groups is 1. The molecule has 0 saturated heterocycles. The van der Waals surface area contributed by atoms with Crippen molar-refractivity contribution in [2.75, 3.05) is 119 Å². The van der Waals surface area contributed by atoms with Crippen LogP contribution >= 0.6 is 0 Å². The highest BCUT2D eigenvalue weighted by molar-refractivity contribution is 6.22. The molecular weight excluding hydrogens is 618 g/mol. The number of unbranched alkanes of at least 4 members (excludes halogenated alkanes) is 1. The standard InChI is InChI=1S/C32H57N3O12/c1-32(2,3)9-4-5-10-33-28(36)8-12-40-14-16-42-18-20-44-22-24-46-26-27-47-25-23-45-21-19-43-17-15-41-13-11-34-31(39)35-29(37)6-7-30(35)38/h6-7H,4-5,8-27H2,1-3H3,(H,33,36)(H,34,39). The van der Waals surface area contributed by atoms with E-state index in [1.807, 2.05) is 0 Å². The monoisotopic (exact) mass is 675 g/mol. The van der Waals surface area contributed by atoms with E-state index >= 15 is 0 Å². The van der Waals surface area contributed by atoms with Crippen molar-refractivity contribution in [1.29, 1.82) is 0 Å². The van der Waals surface area contributed by atoms with Crippen molar-refractivity contribution < 1.29 is 57.1 Å². The Labute approximate surface area is 279 Å². The molecular formula is C32H57N3O12. The van der Waals surface area contributed by atoms with E-state index in [-0.39, 0.29) is 19.1 Å². The SMILES string of the molecule is CC(C)(C)CCCCNC(=O)CCOCCOCCOCCOCCOCCOCCOCCOCCNC(=O)N1C(=O)C=CC1=O. The Hall–Kier alpha value is -2.50. The van der Waals surface area contributed by atoms with Crippen LogP contribution in [0.3, 0.4) is 0 Å². The predicted octanol–water partition coefficient (Wildman–Crippen LogP) is 1.48. The maximum atomic E-state index is 11.8. The number of rotatable bonds is 31. The third kappa shape index (κ3) is 26.2. The zero-order valence-corrected chi connectivity index (χ0v) is 28.6. The van der Waals surface area contributed by atoms with Gasteiger partial charge >= 0.3 is 6.03 Å². The Bertz CT molecular complexity index is 864. The number of carbonyl (C=O) groups is 4. The lowest BCUT2D eigenvalue weighted by Crippen LogP contribution is -2.44. The van der Waals surface area contributed by atoms with Crippen molar-refractivity contribution >= 4 is 23.8 Å². The van der Waals surface area contributed by atoms with Gasteiger partial charge < -0.3 is 48.5 Å². The smallest absolute Gasteiger partial charge is 0.331 e. The van der Waals surface area contributed by atoms with Crippen LogP contribution in [0.5, 0.6) is 0 Å². The molecule has 0 aliphatic carbocycles. The normalized spacial score (nSPS) is 13.1. The highest BCUT2D eigenvalue weighted by Gasteiger charge is 2.29. The lowest BCUT2D eigenvalue weighted by atomic mass is 9.90. The van der Waals surface area contributed by atoms with Gasteiger partial charge in [-0.05, 0) is 18.3 Å². The van der Waals surface area contributed by atoms with Crippen molar-refractivity contribution in [3.63, 3.8) is 0 Å². The number of imide groups is 3. The van der Waals surface area contributed by atoms with E-state index in [1.165, 1.54) is 0 Å². The third-order valence-corrected chi connectivity index (χ3v) is 6.29. The van der Waals surface area contributed by atoms with Crippen molar-refractivity contribution in [1.82, 2.24) is 15.5 Å². The van der Waals surface area contributed by atoms with Crippen LogP contribution in [0.2, 0.25) is 0 Å². The summed E-state index contributed by atoms with van der Waals surface area (Å²) in [6.45, 7) is 14.3. The lowest BCUT2D eigenvalue weighted by molar-refractivity contribution is -0.133. The number of ether oxygens (including phenoxy) is 8. The summed E-state index contributed by atoms with van der Waals surface area (Å²) in [5.41, 5.74) is 0.340. The molecule has 2 N–H and O–H groups in total. The molecule has 0 saturated carbocycles. The molecule has 272 valence electrons. The minimum absolute atomic E-state index is 0.0228. The summed E-state index contributed by atoms with van der Waals surface area (Å²) in [7, 11) is 0. The highest BCUT2D eigenvalue weighted by atomic mass is 16.6. The molecule has 0 aromatic rings. The Kier molecular flexibility index (Phi) is 25.8. The summed E-state index contributed by atoms with van der Waals surface area (Å²) in [5, 5.41) is 5.37. The van der Waals surface area contributed by atoms with Gasteiger partial charge in [-0.2, -0.15) is 4.90 Å². The van der Waals surface area contributed by atoms with Crippen LogP contribution in [0.4, 0.5) is 4.79 Å².